The van der Waals surface area contributed by atoms with Crippen LogP contribution in [0.1, 0.15) is 38.8 Å². The van der Waals surface area contributed by atoms with E-state index >= 15 is 0 Å². The molecule has 2 heterocycles. The number of aromatic nitrogens is 3. The molecule has 0 bridgehead atoms. The van der Waals surface area contributed by atoms with Crippen molar-refractivity contribution in [2.75, 3.05) is 0 Å². The Hall–Kier alpha value is -5.57. The van der Waals surface area contributed by atoms with Gasteiger partial charge in [0.15, 0.2) is 0 Å². The van der Waals surface area contributed by atoms with Crippen LogP contribution in [0.15, 0.2) is 152 Å². The number of fused-ring (bicyclic) bond motifs is 4. The largest absolute Gasteiger partial charge is 0.515 e. The predicted molar refractivity (Wildman–Crippen MR) is 213 cm³/mol. The zero-order valence-electron chi connectivity index (χ0n) is 30.0. The van der Waals surface area contributed by atoms with Gasteiger partial charge in [-0.05, 0) is 39.7 Å². The third-order valence-electron chi connectivity index (χ3n) is 11.4. The first-order chi connectivity index (χ1) is 25.2. The molecule has 262 valence electrons. The summed E-state index contributed by atoms with van der Waals surface area (Å²) in [5.41, 5.74) is 12.5. The summed E-state index contributed by atoms with van der Waals surface area (Å²) in [6, 6.07) is 52.0. The fourth-order valence-electron chi connectivity index (χ4n) is 8.02. The number of rotatable bonds is 5. The number of pyridine rings is 1. The molecule has 0 saturated carbocycles. The first-order valence-electron chi connectivity index (χ1n) is 17.8. The molecule has 5 heteroatoms. The topological polar surface area (TPSA) is 50.9 Å². The zero-order valence-corrected chi connectivity index (χ0v) is 32.3. The summed E-state index contributed by atoms with van der Waals surface area (Å²) >= 11 is 0. The summed E-state index contributed by atoms with van der Waals surface area (Å²) in [7, 11) is 0. The monoisotopic (exact) mass is 867 g/mol. The maximum atomic E-state index is 11.4. The number of nitrogens with zero attached hydrogens (tertiary/aromatic N) is 3. The third-order valence-corrected chi connectivity index (χ3v) is 11.4. The average molecular weight is 868 g/mol. The number of phenols is 1. The Kier molecular flexibility index (Phi) is 8.55. The van der Waals surface area contributed by atoms with Crippen molar-refractivity contribution in [3.05, 3.63) is 169 Å². The maximum Gasteiger partial charge on any atom is 0.0904 e. The van der Waals surface area contributed by atoms with Gasteiger partial charge in [0, 0.05) is 55.5 Å². The van der Waals surface area contributed by atoms with Crippen molar-refractivity contribution < 1.29 is 26.2 Å². The van der Waals surface area contributed by atoms with Gasteiger partial charge in [-0.15, -0.1) is 29.3 Å². The van der Waals surface area contributed by atoms with Crippen molar-refractivity contribution in [1.29, 1.82) is 0 Å². The molecule has 9 rings (SSSR count). The second-order valence-corrected chi connectivity index (χ2v) is 14.7. The van der Waals surface area contributed by atoms with E-state index in [0.29, 0.717) is 0 Å². The Morgan fingerprint density at radius 2 is 1.21 bits per heavy atom. The molecule has 1 N–H and O–H groups in total. The Morgan fingerprint density at radius 3 is 1.91 bits per heavy atom. The van der Waals surface area contributed by atoms with Crippen LogP contribution in [0.3, 0.4) is 0 Å². The van der Waals surface area contributed by atoms with E-state index in [-0.39, 0.29) is 37.6 Å². The van der Waals surface area contributed by atoms with E-state index in [1.807, 2.05) is 18.3 Å². The number of imidazole rings is 1. The summed E-state index contributed by atoms with van der Waals surface area (Å²) in [5, 5.41) is 12.5. The molecule has 0 fully saturated rings. The van der Waals surface area contributed by atoms with E-state index in [1.54, 1.807) is 6.07 Å². The fraction of sp³-hybridized carbons (Fsp3) is 0.125. The van der Waals surface area contributed by atoms with Gasteiger partial charge >= 0.3 is 0 Å². The molecule has 0 saturated heterocycles. The van der Waals surface area contributed by atoms with E-state index in [1.165, 1.54) is 0 Å². The minimum absolute atomic E-state index is 0. The molecule has 0 unspecified atom stereocenters. The Balaban J connectivity index is 0.00000400. The van der Waals surface area contributed by atoms with Crippen molar-refractivity contribution in [1.82, 2.24) is 14.5 Å². The maximum absolute atomic E-state index is 11.4. The molecule has 0 radical (unpaired) electrons. The van der Waals surface area contributed by atoms with Crippen LogP contribution >= 0.6 is 0 Å². The molecular formula is C48H38N3OPt-. The van der Waals surface area contributed by atoms with Crippen LogP contribution in [0, 0.1) is 6.07 Å². The van der Waals surface area contributed by atoms with Crippen LogP contribution < -0.4 is 0 Å². The van der Waals surface area contributed by atoms with Crippen LogP contribution in [0.2, 0.25) is 0 Å². The number of para-hydroxylation sites is 2. The van der Waals surface area contributed by atoms with E-state index in [9.17, 15) is 5.11 Å². The van der Waals surface area contributed by atoms with Crippen molar-refractivity contribution >= 4 is 10.9 Å². The summed E-state index contributed by atoms with van der Waals surface area (Å²) in [4.78, 5) is 10.3. The van der Waals surface area contributed by atoms with Crippen LogP contribution in [-0.4, -0.2) is 19.6 Å². The minimum atomic E-state index is -0.228. The quantitative estimate of drug-likeness (QED) is 0.175. The molecule has 0 atom stereocenters. The molecule has 53 heavy (non-hydrogen) atoms. The van der Waals surface area contributed by atoms with E-state index < -0.39 is 0 Å². The summed E-state index contributed by atoms with van der Waals surface area (Å²) in [6.07, 6.45) is 3.99. The number of phenolic OH excluding ortho intramolecular Hbond substituents is 1. The van der Waals surface area contributed by atoms with Crippen LogP contribution in [0.4, 0.5) is 0 Å². The standard InChI is InChI=1S/C48H38N3O.Pt/c1-47(2)39-27-26-34(29-38(39)43-40(48(47,3)4)24-13-25-42(43)52)46-50-41(37-23-11-19-33-20-14-28-49-44(33)37)30-51(46)45-35(31-15-7-5-8-16-31)21-12-22-36(45)32-17-9-6-10-18-32;/h5-28,30,52H,1-4H3;/q-1;. The van der Waals surface area contributed by atoms with Crippen LogP contribution in [-0.2, 0) is 31.9 Å². The Bertz CT molecular complexity index is 2580. The normalized spacial score (nSPS) is 13.9. The first kappa shape index (κ1) is 34.5. The number of hydrogen-bond acceptors (Lipinski definition) is 3. The van der Waals surface area contributed by atoms with Gasteiger partial charge in [-0.25, -0.2) is 0 Å². The Morgan fingerprint density at radius 1 is 0.604 bits per heavy atom. The van der Waals surface area contributed by atoms with Crippen LogP contribution in [0.5, 0.6) is 5.75 Å². The smallest absolute Gasteiger partial charge is 0.0904 e. The number of aromatic hydroxyl groups is 1. The van der Waals surface area contributed by atoms with Gasteiger partial charge in [-0.1, -0.05) is 154 Å². The molecule has 0 spiro atoms. The van der Waals surface area contributed by atoms with Crippen molar-refractivity contribution in [3.8, 4) is 67.5 Å². The number of hydrogen-bond donors (Lipinski definition) is 1. The summed E-state index contributed by atoms with van der Waals surface area (Å²) < 4.78 is 2.24. The number of benzene rings is 6. The summed E-state index contributed by atoms with van der Waals surface area (Å²) in [5.74, 6) is 1.02. The van der Waals surface area contributed by atoms with Crippen LogP contribution in [0.25, 0.3) is 72.6 Å². The van der Waals surface area contributed by atoms with Gasteiger partial charge in [0.1, 0.15) is 0 Å². The van der Waals surface area contributed by atoms with Gasteiger partial charge in [-0.2, -0.15) is 0 Å². The molecule has 1 aliphatic rings. The van der Waals surface area contributed by atoms with E-state index in [4.69, 9.17) is 9.97 Å². The minimum Gasteiger partial charge on any atom is -0.515 e. The Labute approximate surface area is 325 Å². The van der Waals surface area contributed by atoms with Gasteiger partial charge in [-0.3, -0.25) is 9.97 Å². The molecule has 1 aliphatic carbocycles. The molecule has 0 amide bonds. The predicted octanol–water partition coefficient (Wildman–Crippen LogP) is 11.8. The SMILES string of the molecule is CC1(C)c2ccc(-c3nc(-c4cccc5cccnc45)cn3-c3c(-c4ccccc4)cccc3-c3ccccc3)[c-]c2-c2c(O)cccc2C1(C)C.[Pt]. The van der Waals surface area contributed by atoms with Gasteiger partial charge in [0.05, 0.1) is 28.5 Å². The zero-order chi connectivity index (χ0) is 35.6. The second-order valence-electron chi connectivity index (χ2n) is 14.7. The average Bonchev–Trinajstić information content (AvgIpc) is 3.62. The molecule has 0 aliphatic heterocycles. The third kappa shape index (κ3) is 5.47. The van der Waals surface area contributed by atoms with Crippen molar-refractivity contribution in [2.45, 2.75) is 38.5 Å². The van der Waals surface area contributed by atoms with Gasteiger partial charge < -0.3 is 9.67 Å². The first-order valence-corrected chi connectivity index (χ1v) is 17.8. The molecule has 2 aromatic heterocycles. The van der Waals surface area contributed by atoms with Crippen molar-refractivity contribution in [2.24, 2.45) is 0 Å². The van der Waals surface area contributed by atoms with Crippen molar-refractivity contribution in [3.63, 3.8) is 0 Å². The fourth-order valence-corrected chi connectivity index (χ4v) is 8.02. The molecule has 4 nitrogen and oxygen atoms in total. The van der Waals surface area contributed by atoms with Gasteiger partial charge in [0.25, 0.3) is 0 Å². The molecular weight excluding hydrogens is 830 g/mol. The second kappa shape index (κ2) is 13.1. The van der Waals surface area contributed by atoms with Gasteiger partial charge in [0.2, 0.25) is 0 Å². The van der Waals surface area contributed by atoms with E-state index in [2.05, 4.69) is 166 Å². The summed E-state index contributed by atoms with van der Waals surface area (Å²) in [6.45, 7) is 9.12. The van der Waals surface area contributed by atoms with E-state index in [0.717, 1.165) is 83.7 Å². The molecule has 6 aromatic carbocycles. The molecule has 8 aromatic rings.